The zero-order valence-corrected chi connectivity index (χ0v) is 13.2. The third kappa shape index (κ3) is 3.12. The molecule has 2 aromatic rings. The van der Waals surface area contributed by atoms with Crippen molar-refractivity contribution in [3.05, 3.63) is 46.2 Å². The number of rotatable bonds is 4. The molecule has 104 valence electrons. The molecular formula is C16H17BrN2O. The molecule has 0 amide bonds. The Balaban J connectivity index is 1.97. The maximum Gasteiger partial charge on any atom is 0.129 e. The molecule has 1 aromatic carbocycles. The molecule has 20 heavy (non-hydrogen) atoms. The molecule has 4 heteroatoms. The highest BCUT2D eigenvalue weighted by Gasteiger charge is 2.23. The maximum absolute atomic E-state index is 5.85. The first-order valence-electron chi connectivity index (χ1n) is 6.79. The lowest BCUT2D eigenvalue weighted by Crippen LogP contribution is -2.01. The predicted octanol–water partition coefficient (Wildman–Crippen LogP) is 4.60. The lowest BCUT2D eigenvalue weighted by atomic mass is 10.2. The second-order valence-electron chi connectivity index (χ2n) is 5.34. The largest absolute Gasteiger partial charge is 0.490 e. The predicted molar refractivity (Wildman–Crippen MR) is 84.2 cm³/mol. The van der Waals surface area contributed by atoms with Crippen LogP contribution in [0.15, 0.2) is 40.5 Å². The highest BCUT2D eigenvalue weighted by molar-refractivity contribution is 9.10. The zero-order valence-electron chi connectivity index (χ0n) is 11.6. The minimum atomic E-state index is 0.409. The van der Waals surface area contributed by atoms with Crippen LogP contribution in [0.1, 0.15) is 32.4 Å². The highest BCUT2D eigenvalue weighted by Crippen LogP contribution is 2.28. The van der Waals surface area contributed by atoms with Crippen molar-refractivity contribution >= 4 is 22.0 Å². The Hall–Kier alpha value is -1.55. The summed E-state index contributed by atoms with van der Waals surface area (Å²) in [5.74, 6) is 0.916. The van der Waals surface area contributed by atoms with Crippen LogP contribution in [0.5, 0.6) is 5.75 Å². The number of ether oxygens (including phenoxy) is 1. The van der Waals surface area contributed by atoms with Crippen molar-refractivity contribution in [2.24, 2.45) is 0 Å². The van der Waals surface area contributed by atoms with E-state index < -0.39 is 0 Å². The number of benzene rings is 1. The first-order chi connectivity index (χ1) is 9.61. The molecule has 1 aliphatic carbocycles. The number of halogens is 1. The molecule has 0 N–H and O–H groups in total. The highest BCUT2D eigenvalue weighted by atomic mass is 79.9. The fourth-order valence-electron chi connectivity index (χ4n) is 2.04. The van der Waals surface area contributed by atoms with E-state index >= 15 is 0 Å². The molecule has 0 aliphatic heterocycles. The number of allylic oxidation sites excluding steroid dienone is 1. The quantitative estimate of drug-likeness (QED) is 0.818. The van der Waals surface area contributed by atoms with E-state index in [0.29, 0.717) is 6.10 Å². The van der Waals surface area contributed by atoms with Crippen LogP contribution in [0, 0.1) is 0 Å². The monoisotopic (exact) mass is 332 g/mol. The van der Waals surface area contributed by atoms with E-state index in [2.05, 4.69) is 41.0 Å². The summed E-state index contributed by atoms with van der Waals surface area (Å²) in [6, 6.07) is 10.1. The van der Waals surface area contributed by atoms with Gasteiger partial charge in [0.05, 0.1) is 17.5 Å². The van der Waals surface area contributed by atoms with Gasteiger partial charge in [-0.1, -0.05) is 11.6 Å². The summed E-state index contributed by atoms with van der Waals surface area (Å²) < 4.78 is 8.61. The van der Waals surface area contributed by atoms with Gasteiger partial charge in [-0.3, -0.25) is 0 Å². The van der Waals surface area contributed by atoms with Crippen LogP contribution in [0.2, 0.25) is 0 Å². The van der Waals surface area contributed by atoms with E-state index in [0.717, 1.165) is 21.7 Å². The van der Waals surface area contributed by atoms with E-state index in [1.165, 1.54) is 18.4 Å². The van der Waals surface area contributed by atoms with Crippen molar-refractivity contribution in [1.29, 1.82) is 0 Å². The SMILES string of the molecule is CC(C)=Cc1cc(Br)nn1-c1cccc(OC2CC2)c1. The Morgan fingerprint density at radius 2 is 2.15 bits per heavy atom. The molecule has 1 heterocycles. The molecule has 1 aliphatic rings. The molecule has 1 saturated carbocycles. The van der Waals surface area contributed by atoms with Gasteiger partial charge >= 0.3 is 0 Å². The Morgan fingerprint density at radius 1 is 1.35 bits per heavy atom. The van der Waals surface area contributed by atoms with Crippen LogP contribution in [0.3, 0.4) is 0 Å². The minimum absolute atomic E-state index is 0.409. The van der Waals surface area contributed by atoms with Crippen molar-refractivity contribution in [3.8, 4) is 11.4 Å². The van der Waals surface area contributed by atoms with Gasteiger partial charge in [-0.2, -0.15) is 5.10 Å². The second kappa shape index (κ2) is 5.44. The van der Waals surface area contributed by atoms with E-state index in [9.17, 15) is 0 Å². The number of aromatic nitrogens is 2. The van der Waals surface area contributed by atoms with E-state index in [4.69, 9.17) is 4.74 Å². The summed E-state index contributed by atoms with van der Waals surface area (Å²) in [7, 11) is 0. The fraction of sp³-hybridized carbons (Fsp3) is 0.312. The average Bonchev–Trinajstić information content (AvgIpc) is 3.12. The Morgan fingerprint density at radius 3 is 2.85 bits per heavy atom. The lowest BCUT2D eigenvalue weighted by molar-refractivity contribution is 0.303. The molecule has 3 nitrogen and oxygen atoms in total. The number of nitrogens with zero attached hydrogens (tertiary/aromatic N) is 2. The van der Waals surface area contributed by atoms with Gasteiger partial charge in [-0.25, -0.2) is 4.68 Å². The van der Waals surface area contributed by atoms with Crippen LogP contribution in [0.4, 0.5) is 0 Å². The van der Waals surface area contributed by atoms with Gasteiger partial charge < -0.3 is 4.74 Å². The number of hydrogen-bond donors (Lipinski definition) is 0. The number of hydrogen-bond acceptors (Lipinski definition) is 2. The van der Waals surface area contributed by atoms with Crippen LogP contribution < -0.4 is 4.74 Å². The molecule has 0 radical (unpaired) electrons. The van der Waals surface area contributed by atoms with Gasteiger partial charge in [0.25, 0.3) is 0 Å². The van der Waals surface area contributed by atoms with Gasteiger partial charge in [-0.15, -0.1) is 0 Å². The summed E-state index contributed by atoms with van der Waals surface area (Å²) in [6.45, 7) is 4.16. The normalized spacial score (nSPS) is 14.2. The second-order valence-corrected chi connectivity index (χ2v) is 6.15. The summed E-state index contributed by atoms with van der Waals surface area (Å²) >= 11 is 3.45. The third-order valence-electron chi connectivity index (χ3n) is 3.03. The summed E-state index contributed by atoms with van der Waals surface area (Å²) in [4.78, 5) is 0. The van der Waals surface area contributed by atoms with Gasteiger partial charge in [0.2, 0.25) is 0 Å². The van der Waals surface area contributed by atoms with Gasteiger partial charge in [0, 0.05) is 6.07 Å². The van der Waals surface area contributed by atoms with Crippen LogP contribution >= 0.6 is 15.9 Å². The molecule has 1 fully saturated rings. The Kier molecular flexibility index (Phi) is 3.66. The van der Waals surface area contributed by atoms with E-state index in [1.54, 1.807) is 0 Å². The standard InChI is InChI=1S/C16H17BrN2O/c1-11(2)8-13-10-16(17)18-19(13)12-4-3-5-15(9-12)20-14-6-7-14/h3-5,8-10,14H,6-7H2,1-2H3. The molecule has 1 aromatic heterocycles. The fourth-order valence-corrected chi connectivity index (χ4v) is 2.43. The summed E-state index contributed by atoms with van der Waals surface area (Å²) in [5, 5.41) is 4.50. The minimum Gasteiger partial charge on any atom is -0.490 e. The molecule has 0 bridgehead atoms. The van der Waals surface area contributed by atoms with Gasteiger partial charge in [0.1, 0.15) is 10.4 Å². The maximum atomic E-state index is 5.85. The van der Waals surface area contributed by atoms with Crippen molar-refractivity contribution in [3.63, 3.8) is 0 Å². The first kappa shape index (κ1) is 13.4. The molecule has 0 unspecified atom stereocenters. The van der Waals surface area contributed by atoms with Crippen LogP contribution in [0.25, 0.3) is 11.8 Å². The van der Waals surface area contributed by atoms with Crippen molar-refractivity contribution in [2.75, 3.05) is 0 Å². The molecule has 0 atom stereocenters. The molecule has 0 saturated heterocycles. The van der Waals surface area contributed by atoms with Crippen molar-refractivity contribution in [2.45, 2.75) is 32.8 Å². The topological polar surface area (TPSA) is 27.1 Å². The smallest absolute Gasteiger partial charge is 0.129 e. The molecule has 3 rings (SSSR count). The van der Waals surface area contributed by atoms with E-state index in [1.807, 2.05) is 35.0 Å². The molecule has 0 spiro atoms. The van der Waals surface area contributed by atoms with Gasteiger partial charge in [-0.05, 0) is 66.9 Å². The lowest BCUT2D eigenvalue weighted by Gasteiger charge is -2.08. The Bertz CT molecular complexity index is 652. The summed E-state index contributed by atoms with van der Waals surface area (Å²) in [5.41, 5.74) is 3.31. The average molecular weight is 333 g/mol. The first-order valence-corrected chi connectivity index (χ1v) is 7.59. The summed E-state index contributed by atoms with van der Waals surface area (Å²) in [6.07, 6.45) is 4.86. The van der Waals surface area contributed by atoms with Crippen molar-refractivity contribution < 1.29 is 4.74 Å². The van der Waals surface area contributed by atoms with Gasteiger partial charge in [0.15, 0.2) is 0 Å². The third-order valence-corrected chi connectivity index (χ3v) is 3.42. The van der Waals surface area contributed by atoms with Crippen LogP contribution in [-0.2, 0) is 0 Å². The Labute approximate surface area is 127 Å². The zero-order chi connectivity index (χ0) is 14.1. The van der Waals surface area contributed by atoms with Crippen molar-refractivity contribution in [1.82, 2.24) is 9.78 Å². The van der Waals surface area contributed by atoms with E-state index in [-0.39, 0.29) is 0 Å². The molecular weight excluding hydrogens is 316 g/mol. The van der Waals surface area contributed by atoms with Crippen LogP contribution in [-0.4, -0.2) is 15.9 Å².